The number of rotatable bonds is 2. The molecule has 0 aromatic heterocycles. The first-order chi connectivity index (χ1) is 17.8. The van der Waals surface area contributed by atoms with Crippen LogP contribution in [0.3, 0.4) is 0 Å². The van der Waals surface area contributed by atoms with Crippen molar-refractivity contribution in [2.24, 2.45) is 5.73 Å². The number of fused-ring (bicyclic) bond motifs is 5. The fourth-order valence-electron chi connectivity index (χ4n) is 4.46. The summed E-state index contributed by atoms with van der Waals surface area (Å²) in [5.74, 6) is -0.270. The number of benzene rings is 2. The minimum atomic E-state index is -0.584. The number of amides is 3. The summed E-state index contributed by atoms with van der Waals surface area (Å²) in [6.45, 7) is 0.242. The van der Waals surface area contributed by atoms with E-state index in [-0.39, 0.29) is 62.6 Å². The number of nitrogens with two attached hydrogens (primary N) is 1. The molecule has 4 rings (SSSR count). The van der Waals surface area contributed by atoms with Gasteiger partial charge >= 0.3 is 0 Å². The molecule has 0 radical (unpaired) electrons. The predicted molar refractivity (Wildman–Crippen MR) is 139 cm³/mol. The molecule has 0 aliphatic carbocycles. The lowest BCUT2D eigenvalue weighted by atomic mass is 10.0. The Kier molecular flexibility index (Phi) is 10.1. The predicted octanol–water partition coefficient (Wildman–Crippen LogP) is 1.32. The lowest BCUT2D eigenvalue weighted by Gasteiger charge is -2.38. The minimum Gasteiger partial charge on any atom is -0.493 e. The fraction of sp³-hybridized carbons (Fsp3) is 0.423. The number of likely N-dealkylation sites (tertiary alicyclic amines) is 1. The maximum absolute atomic E-state index is 14.4. The molecule has 1 saturated heterocycles. The van der Waals surface area contributed by atoms with Crippen LogP contribution in [-0.2, 0) is 27.3 Å². The molecule has 2 aromatic rings. The number of aryl methyl sites for hydroxylation is 1. The molecule has 38 heavy (non-hydrogen) atoms. The number of halogens is 2. The number of methoxy groups -OCH3 is 1. The topological polar surface area (TPSA) is 132 Å². The number of hydrogen-bond donors (Lipinski definition) is 3. The molecule has 2 aliphatic rings. The zero-order chi connectivity index (χ0) is 26.4. The first-order valence-corrected chi connectivity index (χ1v) is 12.1. The average molecular weight is 551 g/mol. The number of piperidine rings is 1. The van der Waals surface area contributed by atoms with E-state index in [2.05, 4.69) is 10.6 Å². The van der Waals surface area contributed by atoms with Gasteiger partial charge in [-0.3, -0.25) is 14.4 Å². The molecule has 206 valence electrons. The second-order valence-electron chi connectivity index (χ2n) is 9.01. The molecule has 10 nitrogen and oxygen atoms in total. The highest BCUT2D eigenvalue weighted by atomic mass is 35.5. The van der Waals surface area contributed by atoms with Crippen molar-refractivity contribution < 1.29 is 33.0 Å². The monoisotopic (exact) mass is 550 g/mol. The second-order valence-corrected chi connectivity index (χ2v) is 9.01. The van der Waals surface area contributed by atoms with Crippen molar-refractivity contribution in [3.05, 3.63) is 53.3 Å². The third-order valence-electron chi connectivity index (χ3n) is 6.36. The van der Waals surface area contributed by atoms with Crippen LogP contribution in [0.15, 0.2) is 36.4 Å². The van der Waals surface area contributed by atoms with E-state index in [0.717, 1.165) is 5.56 Å². The van der Waals surface area contributed by atoms with Crippen LogP contribution in [-0.4, -0.2) is 68.1 Å². The fourth-order valence-corrected chi connectivity index (χ4v) is 4.46. The first-order valence-electron chi connectivity index (χ1n) is 12.1. The van der Waals surface area contributed by atoms with E-state index in [0.29, 0.717) is 36.4 Å². The molecule has 1 fully saturated rings. The van der Waals surface area contributed by atoms with Crippen molar-refractivity contribution in [2.45, 2.75) is 38.0 Å². The lowest BCUT2D eigenvalue weighted by molar-refractivity contribution is -0.134. The van der Waals surface area contributed by atoms with E-state index in [1.54, 1.807) is 23.1 Å². The third-order valence-corrected chi connectivity index (χ3v) is 6.36. The summed E-state index contributed by atoms with van der Waals surface area (Å²) in [6, 6.07) is 8.93. The molecule has 3 amide bonds. The van der Waals surface area contributed by atoms with Gasteiger partial charge in [0.25, 0.3) is 5.91 Å². The average Bonchev–Trinajstić information content (AvgIpc) is 2.89. The summed E-state index contributed by atoms with van der Waals surface area (Å²) in [5.41, 5.74) is 6.91. The Morgan fingerprint density at radius 2 is 1.97 bits per heavy atom. The van der Waals surface area contributed by atoms with Crippen LogP contribution in [0.5, 0.6) is 17.2 Å². The Hall–Kier alpha value is -3.57. The second kappa shape index (κ2) is 13.3. The smallest absolute Gasteiger partial charge is 0.258 e. The highest BCUT2D eigenvalue weighted by Crippen LogP contribution is 2.29. The van der Waals surface area contributed by atoms with Gasteiger partial charge in [0.15, 0.2) is 18.1 Å². The van der Waals surface area contributed by atoms with Crippen molar-refractivity contribution in [3.63, 3.8) is 0 Å². The van der Waals surface area contributed by atoms with Gasteiger partial charge in [0.1, 0.15) is 17.7 Å². The summed E-state index contributed by atoms with van der Waals surface area (Å²) in [6.07, 6.45) is 0.514. The molecule has 4 N–H and O–H groups in total. The summed E-state index contributed by atoms with van der Waals surface area (Å²) in [5, 5.41) is 5.70. The maximum atomic E-state index is 14.4. The number of nitrogens with one attached hydrogen (secondary N) is 2. The van der Waals surface area contributed by atoms with Crippen LogP contribution in [0.25, 0.3) is 0 Å². The molecule has 2 heterocycles. The van der Waals surface area contributed by atoms with Crippen LogP contribution in [0, 0.1) is 5.82 Å². The summed E-state index contributed by atoms with van der Waals surface area (Å²) < 4.78 is 31.6. The van der Waals surface area contributed by atoms with Gasteiger partial charge < -0.3 is 35.5 Å². The van der Waals surface area contributed by atoms with Crippen molar-refractivity contribution in [2.75, 3.05) is 33.4 Å². The Morgan fingerprint density at radius 1 is 1.16 bits per heavy atom. The van der Waals surface area contributed by atoms with Gasteiger partial charge in [-0.15, -0.1) is 12.4 Å². The van der Waals surface area contributed by atoms with E-state index >= 15 is 0 Å². The molecular weight excluding hydrogens is 519 g/mol. The molecule has 2 aromatic carbocycles. The van der Waals surface area contributed by atoms with Gasteiger partial charge in [-0.25, -0.2) is 4.39 Å². The highest BCUT2D eigenvalue weighted by molar-refractivity contribution is 5.85. The third kappa shape index (κ3) is 7.48. The molecule has 2 aliphatic heterocycles. The molecule has 4 bridgehead atoms. The van der Waals surface area contributed by atoms with Crippen LogP contribution < -0.4 is 30.6 Å². The van der Waals surface area contributed by atoms with Gasteiger partial charge in [0.2, 0.25) is 11.8 Å². The number of carbonyl (C=O) groups excluding carboxylic acids is 3. The quantitative estimate of drug-likeness (QED) is 0.514. The van der Waals surface area contributed by atoms with E-state index in [4.69, 9.17) is 19.9 Å². The van der Waals surface area contributed by atoms with Crippen molar-refractivity contribution >= 4 is 30.1 Å². The first kappa shape index (κ1) is 29.0. The van der Waals surface area contributed by atoms with Crippen LogP contribution in [0.2, 0.25) is 0 Å². The molecule has 0 unspecified atom stereocenters. The summed E-state index contributed by atoms with van der Waals surface area (Å²) in [7, 11) is 1.50. The minimum absolute atomic E-state index is 0. The molecule has 0 saturated carbocycles. The van der Waals surface area contributed by atoms with Crippen LogP contribution in [0.4, 0.5) is 4.39 Å². The summed E-state index contributed by atoms with van der Waals surface area (Å²) in [4.78, 5) is 39.1. The Labute approximate surface area is 226 Å². The van der Waals surface area contributed by atoms with Crippen LogP contribution >= 0.6 is 12.4 Å². The summed E-state index contributed by atoms with van der Waals surface area (Å²) >= 11 is 0. The number of carbonyl (C=O) groups is 3. The van der Waals surface area contributed by atoms with Gasteiger partial charge in [0.05, 0.1) is 19.7 Å². The van der Waals surface area contributed by atoms with E-state index in [9.17, 15) is 18.8 Å². The van der Waals surface area contributed by atoms with Crippen molar-refractivity contribution in [1.29, 1.82) is 0 Å². The highest BCUT2D eigenvalue weighted by Gasteiger charge is 2.34. The Bertz CT molecular complexity index is 1170. The van der Waals surface area contributed by atoms with Crippen molar-refractivity contribution in [1.82, 2.24) is 15.5 Å². The zero-order valence-corrected chi connectivity index (χ0v) is 21.9. The standard InChI is InChI=1S/C26H31FN4O6.ClH/c1-35-22-4-2-16-3-5-24(32)29-13-17-8-18(27)11-19(9-17)37-21-6-7-31(26(34)12-28)14-20(21)30-25(33)15-36-23(22)10-16;/h2,4,8-11,20-21H,3,5-7,12-15,28H2,1H3,(H,29,32)(H,30,33);1H/t20-,21-;/m1./s1. The lowest BCUT2D eigenvalue weighted by Crippen LogP contribution is -2.59. The van der Waals surface area contributed by atoms with E-state index < -0.39 is 23.9 Å². The molecule has 2 atom stereocenters. The Balaban J connectivity index is 0.00000400. The van der Waals surface area contributed by atoms with Gasteiger partial charge in [-0.1, -0.05) is 6.07 Å². The maximum Gasteiger partial charge on any atom is 0.258 e. The van der Waals surface area contributed by atoms with Crippen molar-refractivity contribution in [3.8, 4) is 17.2 Å². The normalized spacial score (nSPS) is 20.1. The van der Waals surface area contributed by atoms with E-state index in [1.165, 1.54) is 19.2 Å². The zero-order valence-electron chi connectivity index (χ0n) is 21.0. The van der Waals surface area contributed by atoms with Gasteiger partial charge in [-0.05, 0) is 41.8 Å². The largest absolute Gasteiger partial charge is 0.493 e. The van der Waals surface area contributed by atoms with Crippen LogP contribution in [0.1, 0.15) is 24.0 Å². The SMILES string of the molecule is COc1ccc2cc1OCC(=O)N[C@@H]1CN(C(=O)CN)CC[C@H]1Oc1cc(F)cc(c1)CNC(=O)CC2.Cl. The number of ether oxygens (including phenoxy) is 3. The molecular formula is C26H32ClFN4O6. The Morgan fingerprint density at radius 3 is 2.74 bits per heavy atom. The molecule has 0 spiro atoms. The molecule has 12 heteroatoms. The number of nitrogens with zero attached hydrogens (tertiary/aromatic N) is 1. The van der Waals surface area contributed by atoms with Gasteiger partial charge in [0, 0.05) is 38.5 Å². The number of hydrogen-bond acceptors (Lipinski definition) is 7. The van der Waals surface area contributed by atoms with E-state index in [1.807, 2.05) is 6.07 Å². The van der Waals surface area contributed by atoms with Gasteiger partial charge in [-0.2, -0.15) is 0 Å².